The van der Waals surface area contributed by atoms with E-state index in [9.17, 15) is 0 Å². The maximum absolute atomic E-state index is 4.49. The lowest BCUT2D eigenvalue weighted by molar-refractivity contribution is 0.312. The molecule has 0 amide bonds. The van der Waals surface area contributed by atoms with Crippen molar-refractivity contribution in [2.45, 2.75) is 12.8 Å². The van der Waals surface area contributed by atoms with E-state index < -0.39 is 0 Å². The van der Waals surface area contributed by atoms with Gasteiger partial charge in [-0.1, -0.05) is 12.1 Å². The number of nitrogens with one attached hydrogen (secondary N) is 1. The van der Waals surface area contributed by atoms with Gasteiger partial charge in [-0.05, 0) is 44.2 Å². The van der Waals surface area contributed by atoms with E-state index in [-0.39, 0.29) is 0 Å². The molecule has 160 valence electrons. The predicted octanol–water partition coefficient (Wildman–Crippen LogP) is 3.03. The highest BCUT2D eigenvalue weighted by molar-refractivity contribution is 5.68. The van der Waals surface area contributed by atoms with Gasteiger partial charge in [-0.15, -0.1) is 10.2 Å². The van der Waals surface area contributed by atoms with E-state index in [1.807, 2.05) is 18.2 Å². The first-order valence-electron chi connectivity index (χ1n) is 11.0. The summed E-state index contributed by atoms with van der Waals surface area (Å²) < 4.78 is 0. The van der Waals surface area contributed by atoms with Crippen molar-refractivity contribution in [3.8, 4) is 11.3 Å². The number of aromatic nitrogens is 4. The average Bonchev–Trinajstić information content (AvgIpc) is 3.35. The highest BCUT2D eigenvalue weighted by Crippen LogP contribution is 2.25. The van der Waals surface area contributed by atoms with Crippen LogP contribution in [0, 0.1) is 0 Å². The van der Waals surface area contributed by atoms with E-state index in [1.54, 1.807) is 6.33 Å². The monoisotopic (exact) mass is 416 g/mol. The van der Waals surface area contributed by atoms with Crippen molar-refractivity contribution in [2.24, 2.45) is 0 Å². The molecule has 8 nitrogen and oxygen atoms in total. The van der Waals surface area contributed by atoms with Gasteiger partial charge in [-0.3, -0.25) is 0 Å². The molecule has 2 aliphatic heterocycles. The number of rotatable bonds is 5. The summed E-state index contributed by atoms with van der Waals surface area (Å²) in [5, 5.41) is 12.4. The molecule has 2 aromatic heterocycles. The van der Waals surface area contributed by atoms with Crippen LogP contribution in [0.25, 0.3) is 11.3 Å². The summed E-state index contributed by atoms with van der Waals surface area (Å²) in [5.74, 6) is 2.73. The van der Waals surface area contributed by atoms with Crippen LogP contribution in [0.4, 0.5) is 23.1 Å². The number of anilines is 4. The molecular weight excluding hydrogens is 388 g/mol. The quantitative estimate of drug-likeness (QED) is 0.680. The molecule has 2 fully saturated rings. The summed E-state index contributed by atoms with van der Waals surface area (Å²) in [6.07, 6.45) is 4.08. The molecular formula is C23H28N8. The Hall–Kier alpha value is -3.26. The lowest BCUT2D eigenvalue weighted by Crippen LogP contribution is -2.44. The summed E-state index contributed by atoms with van der Waals surface area (Å²) in [6, 6.07) is 14.3. The van der Waals surface area contributed by atoms with E-state index in [0.29, 0.717) is 0 Å². The molecule has 0 radical (unpaired) electrons. The Morgan fingerprint density at radius 2 is 1.58 bits per heavy atom. The average molecular weight is 417 g/mol. The van der Waals surface area contributed by atoms with Crippen molar-refractivity contribution in [3.05, 3.63) is 48.8 Å². The molecule has 8 heteroatoms. The van der Waals surface area contributed by atoms with Gasteiger partial charge in [-0.25, -0.2) is 9.97 Å². The molecule has 4 heterocycles. The van der Waals surface area contributed by atoms with Crippen LogP contribution in [0.2, 0.25) is 0 Å². The van der Waals surface area contributed by atoms with Crippen LogP contribution in [-0.2, 0) is 0 Å². The van der Waals surface area contributed by atoms with Crippen LogP contribution >= 0.6 is 0 Å². The Morgan fingerprint density at radius 3 is 2.35 bits per heavy atom. The normalized spacial score (nSPS) is 17.2. The van der Waals surface area contributed by atoms with E-state index in [1.165, 1.54) is 12.8 Å². The van der Waals surface area contributed by atoms with Gasteiger partial charge in [0.25, 0.3) is 0 Å². The van der Waals surface area contributed by atoms with Gasteiger partial charge in [0.2, 0.25) is 0 Å². The largest absolute Gasteiger partial charge is 0.356 e. The third-order valence-corrected chi connectivity index (χ3v) is 5.99. The number of hydrogen-bond donors (Lipinski definition) is 1. The van der Waals surface area contributed by atoms with Gasteiger partial charge in [0, 0.05) is 56.6 Å². The summed E-state index contributed by atoms with van der Waals surface area (Å²) in [4.78, 5) is 15.8. The Labute approximate surface area is 182 Å². The number of nitrogens with zero attached hydrogens (tertiary/aromatic N) is 7. The zero-order chi connectivity index (χ0) is 21.0. The second-order valence-corrected chi connectivity index (χ2v) is 8.23. The first-order valence-corrected chi connectivity index (χ1v) is 11.0. The van der Waals surface area contributed by atoms with Crippen LogP contribution in [0.5, 0.6) is 0 Å². The maximum Gasteiger partial charge on any atom is 0.151 e. The SMILES string of the molecule is CN1CCN(c2ccc(-c3cccc(Nc4cc(N5CCCC5)ncn4)c3)nn2)CC1. The molecule has 0 spiro atoms. The minimum atomic E-state index is 0.797. The van der Waals surface area contributed by atoms with Crippen LogP contribution in [0.15, 0.2) is 48.8 Å². The maximum atomic E-state index is 4.49. The van der Waals surface area contributed by atoms with Crippen molar-refractivity contribution in [1.29, 1.82) is 0 Å². The predicted molar refractivity (Wildman–Crippen MR) is 124 cm³/mol. The molecule has 2 aliphatic rings. The van der Waals surface area contributed by atoms with Gasteiger partial charge >= 0.3 is 0 Å². The smallest absolute Gasteiger partial charge is 0.151 e. The molecule has 1 N–H and O–H groups in total. The molecule has 5 rings (SSSR count). The Kier molecular flexibility index (Phi) is 5.62. The van der Waals surface area contributed by atoms with Crippen molar-refractivity contribution in [2.75, 3.05) is 61.4 Å². The first kappa shape index (κ1) is 19.7. The topological polar surface area (TPSA) is 73.3 Å². The van der Waals surface area contributed by atoms with Crippen molar-refractivity contribution in [1.82, 2.24) is 25.1 Å². The van der Waals surface area contributed by atoms with Gasteiger partial charge in [-0.2, -0.15) is 0 Å². The van der Waals surface area contributed by atoms with Gasteiger partial charge in [0.1, 0.15) is 18.0 Å². The Bertz CT molecular complexity index is 1010. The van der Waals surface area contributed by atoms with E-state index in [0.717, 1.165) is 73.7 Å². The van der Waals surface area contributed by atoms with E-state index >= 15 is 0 Å². The van der Waals surface area contributed by atoms with Crippen molar-refractivity contribution >= 4 is 23.1 Å². The van der Waals surface area contributed by atoms with E-state index in [4.69, 9.17) is 0 Å². The van der Waals surface area contributed by atoms with Crippen LogP contribution in [0.3, 0.4) is 0 Å². The molecule has 1 aromatic carbocycles. The minimum absolute atomic E-state index is 0.797. The summed E-state index contributed by atoms with van der Waals surface area (Å²) in [6.45, 7) is 6.22. The van der Waals surface area contributed by atoms with Crippen molar-refractivity contribution in [3.63, 3.8) is 0 Å². The molecule has 0 bridgehead atoms. The second-order valence-electron chi connectivity index (χ2n) is 8.23. The highest BCUT2D eigenvalue weighted by atomic mass is 15.3. The van der Waals surface area contributed by atoms with Crippen LogP contribution in [-0.4, -0.2) is 71.4 Å². The van der Waals surface area contributed by atoms with Gasteiger partial charge in [0.05, 0.1) is 5.69 Å². The molecule has 0 unspecified atom stereocenters. The Balaban J connectivity index is 1.29. The first-order chi connectivity index (χ1) is 15.2. The minimum Gasteiger partial charge on any atom is -0.356 e. The fourth-order valence-electron chi connectivity index (χ4n) is 4.12. The standard InChI is InChI=1S/C23H28N8/c1-29-11-13-31(14-12-29)22-8-7-20(27-28-22)18-5-4-6-19(15-18)26-21-16-23(25-17-24-21)30-9-2-3-10-30/h4-8,15-17H,2-3,9-14H2,1H3,(H,24,25,26). The third-order valence-electron chi connectivity index (χ3n) is 5.99. The fraction of sp³-hybridized carbons (Fsp3) is 0.391. The molecule has 0 aliphatic carbocycles. The van der Waals surface area contributed by atoms with Gasteiger partial charge < -0.3 is 20.0 Å². The second kappa shape index (κ2) is 8.85. The summed E-state index contributed by atoms with van der Waals surface area (Å²) >= 11 is 0. The fourth-order valence-corrected chi connectivity index (χ4v) is 4.12. The lowest BCUT2D eigenvalue weighted by atomic mass is 10.1. The molecule has 31 heavy (non-hydrogen) atoms. The molecule has 3 aromatic rings. The molecule has 2 saturated heterocycles. The summed E-state index contributed by atoms with van der Waals surface area (Å²) in [5.41, 5.74) is 2.85. The van der Waals surface area contributed by atoms with Crippen LogP contribution < -0.4 is 15.1 Å². The van der Waals surface area contributed by atoms with Crippen LogP contribution in [0.1, 0.15) is 12.8 Å². The number of likely N-dealkylation sites (N-methyl/N-ethyl adjacent to an activating group) is 1. The lowest BCUT2D eigenvalue weighted by Gasteiger charge is -2.32. The number of piperazine rings is 1. The third kappa shape index (κ3) is 4.59. The molecule has 0 atom stereocenters. The number of benzene rings is 1. The summed E-state index contributed by atoms with van der Waals surface area (Å²) in [7, 11) is 2.15. The van der Waals surface area contributed by atoms with Crippen molar-refractivity contribution < 1.29 is 0 Å². The molecule has 0 saturated carbocycles. The zero-order valence-corrected chi connectivity index (χ0v) is 17.9. The zero-order valence-electron chi connectivity index (χ0n) is 17.9. The van der Waals surface area contributed by atoms with E-state index in [2.05, 4.69) is 71.5 Å². The number of hydrogen-bond acceptors (Lipinski definition) is 8. The highest BCUT2D eigenvalue weighted by Gasteiger charge is 2.16. The van der Waals surface area contributed by atoms with Gasteiger partial charge in [0.15, 0.2) is 5.82 Å². The Morgan fingerprint density at radius 1 is 0.774 bits per heavy atom.